The average molecular weight is 291 g/mol. The molecule has 2 rings (SSSR count). The van der Waals surface area contributed by atoms with Gasteiger partial charge in [0.05, 0.1) is 13.2 Å². The molecule has 0 aliphatic rings. The molecule has 0 amide bonds. The number of carbonyl (C=O) groups is 1. The zero-order chi connectivity index (χ0) is 15.6. The lowest BCUT2D eigenvalue weighted by atomic mass is 10.0. The number of hydrogen-bond donors (Lipinski definition) is 2. The molecule has 0 saturated carbocycles. The van der Waals surface area contributed by atoms with Crippen LogP contribution in [0.2, 0.25) is 0 Å². The van der Waals surface area contributed by atoms with E-state index in [1.165, 1.54) is 0 Å². The molecule has 0 spiro atoms. The number of rotatable bonds is 6. The molecule has 21 heavy (non-hydrogen) atoms. The summed E-state index contributed by atoms with van der Waals surface area (Å²) in [7, 11) is 1.60. The Labute approximate surface area is 123 Å². The molecule has 5 nitrogen and oxygen atoms in total. The third-order valence-electron chi connectivity index (χ3n) is 3.54. The largest absolute Gasteiger partial charge is 0.493 e. The molecule has 0 fully saturated rings. The van der Waals surface area contributed by atoms with Crippen LogP contribution in [0.1, 0.15) is 32.6 Å². The Bertz CT molecular complexity index is 632. The summed E-state index contributed by atoms with van der Waals surface area (Å²) >= 11 is 0. The fourth-order valence-electron chi connectivity index (χ4n) is 2.33. The molecular formula is C16H21NO4. The number of hydrogen-bond acceptors (Lipinski definition) is 4. The first kappa shape index (κ1) is 15.4. The van der Waals surface area contributed by atoms with Crippen LogP contribution in [0.25, 0.3) is 11.0 Å². The van der Waals surface area contributed by atoms with Gasteiger partial charge in [-0.25, -0.2) is 0 Å². The maximum atomic E-state index is 11.3. The first-order valence-electron chi connectivity index (χ1n) is 6.99. The van der Waals surface area contributed by atoms with Crippen LogP contribution in [-0.4, -0.2) is 24.2 Å². The number of ether oxygens (including phenoxy) is 1. The van der Waals surface area contributed by atoms with Crippen molar-refractivity contribution in [3.05, 3.63) is 30.0 Å². The maximum Gasteiger partial charge on any atom is 0.320 e. The van der Waals surface area contributed by atoms with E-state index in [0.29, 0.717) is 17.1 Å². The van der Waals surface area contributed by atoms with Crippen LogP contribution in [0.3, 0.4) is 0 Å². The maximum absolute atomic E-state index is 11.3. The van der Waals surface area contributed by atoms with Gasteiger partial charge >= 0.3 is 5.97 Å². The number of carboxylic acids is 1. The van der Waals surface area contributed by atoms with Crippen LogP contribution in [0.4, 0.5) is 0 Å². The Morgan fingerprint density at radius 3 is 2.62 bits per heavy atom. The molecule has 2 N–H and O–H groups in total. The zero-order valence-corrected chi connectivity index (χ0v) is 12.7. The lowest BCUT2D eigenvalue weighted by Gasteiger charge is -2.21. The van der Waals surface area contributed by atoms with Gasteiger partial charge in [0.1, 0.15) is 11.8 Å². The second-order valence-corrected chi connectivity index (χ2v) is 5.48. The minimum atomic E-state index is -0.856. The molecule has 0 radical (unpaired) electrons. The van der Waals surface area contributed by atoms with Gasteiger partial charge in [0.25, 0.3) is 0 Å². The van der Waals surface area contributed by atoms with Crippen LogP contribution < -0.4 is 10.1 Å². The van der Waals surface area contributed by atoms with Crippen LogP contribution in [-0.2, 0) is 4.79 Å². The minimum Gasteiger partial charge on any atom is -0.493 e. The van der Waals surface area contributed by atoms with Gasteiger partial charge in [0.2, 0.25) is 0 Å². The zero-order valence-electron chi connectivity index (χ0n) is 12.7. The standard InChI is InChI=1S/C16H21NO4/c1-9(2)14(16(18)19)17-10(3)13-8-11-6-5-7-12(20-4)15(11)21-13/h5-10,14,17H,1-4H3,(H,18,19). The first-order valence-corrected chi connectivity index (χ1v) is 6.99. The van der Waals surface area contributed by atoms with E-state index < -0.39 is 12.0 Å². The van der Waals surface area contributed by atoms with Crippen LogP contribution in [0.15, 0.2) is 28.7 Å². The first-order chi connectivity index (χ1) is 9.93. The fraction of sp³-hybridized carbons (Fsp3) is 0.438. The number of fused-ring (bicyclic) bond motifs is 1. The van der Waals surface area contributed by atoms with Gasteiger partial charge in [-0.2, -0.15) is 0 Å². The summed E-state index contributed by atoms with van der Waals surface area (Å²) in [5.74, 6) is 0.500. The molecule has 2 unspecified atom stereocenters. The quantitative estimate of drug-likeness (QED) is 0.855. The van der Waals surface area contributed by atoms with Gasteiger partial charge in [-0.1, -0.05) is 26.0 Å². The molecule has 1 aromatic carbocycles. The van der Waals surface area contributed by atoms with Crippen molar-refractivity contribution in [1.29, 1.82) is 0 Å². The van der Waals surface area contributed by atoms with Crippen molar-refractivity contribution in [3.8, 4) is 5.75 Å². The topological polar surface area (TPSA) is 71.7 Å². The number of furan rings is 1. The molecule has 0 aliphatic carbocycles. The van der Waals surface area contributed by atoms with Crippen molar-refractivity contribution in [2.24, 2.45) is 5.92 Å². The fourth-order valence-corrected chi connectivity index (χ4v) is 2.33. The summed E-state index contributed by atoms with van der Waals surface area (Å²) in [5.41, 5.74) is 0.681. The van der Waals surface area contributed by atoms with Crippen molar-refractivity contribution in [2.45, 2.75) is 32.9 Å². The van der Waals surface area contributed by atoms with Gasteiger partial charge in [-0.3, -0.25) is 10.1 Å². The number of nitrogens with one attached hydrogen (secondary N) is 1. The lowest BCUT2D eigenvalue weighted by Crippen LogP contribution is -2.42. The number of aliphatic carboxylic acids is 1. The van der Waals surface area contributed by atoms with E-state index in [0.717, 1.165) is 5.39 Å². The highest BCUT2D eigenvalue weighted by Gasteiger charge is 2.25. The summed E-state index contributed by atoms with van der Waals surface area (Å²) < 4.78 is 11.1. The second kappa shape index (κ2) is 6.18. The Hall–Kier alpha value is -2.01. The summed E-state index contributed by atoms with van der Waals surface area (Å²) in [6, 6.07) is 6.76. The highest BCUT2D eigenvalue weighted by molar-refractivity contribution is 5.83. The van der Waals surface area contributed by atoms with E-state index in [1.807, 2.05) is 45.0 Å². The highest BCUT2D eigenvalue weighted by atomic mass is 16.5. The number of carboxylic acid groups (broad SMARTS) is 1. The van der Waals surface area contributed by atoms with Gasteiger partial charge in [0.15, 0.2) is 11.3 Å². The van der Waals surface area contributed by atoms with Gasteiger partial charge < -0.3 is 14.3 Å². The van der Waals surface area contributed by atoms with Gasteiger partial charge in [-0.15, -0.1) is 0 Å². The number of benzene rings is 1. The average Bonchev–Trinajstić information content (AvgIpc) is 2.87. The van der Waals surface area contributed by atoms with Crippen molar-refractivity contribution in [1.82, 2.24) is 5.32 Å². The Morgan fingerprint density at radius 2 is 2.05 bits per heavy atom. The third kappa shape index (κ3) is 3.19. The van der Waals surface area contributed by atoms with E-state index in [4.69, 9.17) is 9.15 Å². The monoisotopic (exact) mass is 291 g/mol. The minimum absolute atomic E-state index is 0.0103. The second-order valence-electron chi connectivity index (χ2n) is 5.48. The van der Waals surface area contributed by atoms with E-state index in [2.05, 4.69) is 5.32 Å². The van der Waals surface area contributed by atoms with E-state index in [9.17, 15) is 9.90 Å². The van der Waals surface area contributed by atoms with Gasteiger partial charge in [-0.05, 0) is 25.0 Å². The van der Waals surface area contributed by atoms with Crippen LogP contribution >= 0.6 is 0 Å². The molecule has 1 heterocycles. The SMILES string of the molecule is COc1cccc2cc(C(C)NC(C(=O)O)C(C)C)oc12. The smallest absolute Gasteiger partial charge is 0.320 e. The molecule has 0 bridgehead atoms. The van der Waals surface area contributed by atoms with Crippen LogP contribution in [0, 0.1) is 5.92 Å². The Morgan fingerprint density at radius 1 is 1.33 bits per heavy atom. The predicted octanol–water partition coefficient (Wildman–Crippen LogP) is 3.20. The van der Waals surface area contributed by atoms with Crippen molar-refractivity contribution in [3.63, 3.8) is 0 Å². The van der Waals surface area contributed by atoms with Crippen molar-refractivity contribution < 1.29 is 19.1 Å². The van der Waals surface area contributed by atoms with Crippen molar-refractivity contribution >= 4 is 16.9 Å². The van der Waals surface area contributed by atoms with E-state index in [-0.39, 0.29) is 12.0 Å². The molecule has 5 heteroatoms. The lowest BCUT2D eigenvalue weighted by molar-refractivity contribution is -0.140. The van der Waals surface area contributed by atoms with Gasteiger partial charge in [0, 0.05) is 5.39 Å². The molecule has 2 aromatic rings. The number of para-hydroxylation sites is 1. The van der Waals surface area contributed by atoms with E-state index >= 15 is 0 Å². The van der Waals surface area contributed by atoms with E-state index in [1.54, 1.807) is 7.11 Å². The molecule has 114 valence electrons. The molecular weight excluding hydrogens is 270 g/mol. The molecule has 0 aliphatic heterocycles. The number of methoxy groups -OCH3 is 1. The summed E-state index contributed by atoms with van der Waals surface area (Å²) in [6.45, 7) is 5.64. The van der Waals surface area contributed by atoms with Crippen molar-refractivity contribution in [2.75, 3.05) is 7.11 Å². The molecule has 2 atom stereocenters. The highest BCUT2D eigenvalue weighted by Crippen LogP contribution is 2.31. The molecule has 1 aromatic heterocycles. The summed E-state index contributed by atoms with van der Waals surface area (Å²) in [5, 5.41) is 13.3. The summed E-state index contributed by atoms with van der Waals surface area (Å²) in [4.78, 5) is 11.3. The Balaban J connectivity index is 2.27. The predicted molar refractivity (Wildman–Crippen MR) is 80.6 cm³/mol. The summed E-state index contributed by atoms with van der Waals surface area (Å²) in [6.07, 6.45) is 0. The Kier molecular flexibility index (Phi) is 4.53. The van der Waals surface area contributed by atoms with Crippen LogP contribution in [0.5, 0.6) is 5.75 Å². The normalized spacial score (nSPS) is 14.3. The third-order valence-corrected chi connectivity index (χ3v) is 3.54. The molecule has 0 saturated heterocycles.